The molecule has 1 aromatic rings. The standard InChI is InChI=1S/C9H6ClFO3/c10-7-3-5(11)1-2-6(7)8(12)4-9(13)14/h1-4,12H,(H,13,14)/b8-4-. The lowest BCUT2D eigenvalue weighted by Gasteiger charge is -2.01. The minimum Gasteiger partial charge on any atom is -0.507 e. The highest BCUT2D eigenvalue weighted by atomic mass is 35.5. The van der Waals surface area contributed by atoms with Crippen LogP contribution in [0, 0.1) is 5.82 Å². The highest BCUT2D eigenvalue weighted by molar-refractivity contribution is 6.32. The van der Waals surface area contributed by atoms with E-state index in [1.165, 1.54) is 6.07 Å². The summed E-state index contributed by atoms with van der Waals surface area (Å²) >= 11 is 5.57. The molecule has 0 heterocycles. The molecule has 0 fully saturated rings. The maximum Gasteiger partial charge on any atom is 0.332 e. The van der Waals surface area contributed by atoms with Crippen LogP contribution in [0.3, 0.4) is 0 Å². The van der Waals surface area contributed by atoms with Gasteiger partial charge in [-0.2, -0.15) is 0 Å². The van der Waals surface area contributed by atoms with Crippen LogP contribution < -0.4 is 0 Å². The summed E-state index contributed by atoms with van der Waals surface area (Å²) in [4.78, 5) is 10.2. The summed E-state index contributed by atoms with van der Waals surface area (Å²) in [5, 5.41) is 17.5. The van der Waals surface area contributed by atoms with Crippen LogP contribution in [0.25, 0.3) is 5.76 Å². The van der Waals surface area contributed by atoms with Crippen LogP contribution in [0.5, 0.6) is 0 Å². The number of aliphatic hydroxyl groups excluding tert-OH is 1. The van der Waals surface area contributed by atoms with Gasteiger partial charge in [-0.05, 0) is 18.2 Å². The number of halogens is 2. The zero-order valence-corrected chi connectivity index (χ0v) is 7.62. The lowest BCUT2D eigenvalue weighted by atomic mass is 10.2. The molecule has 2 N–H and O–H groups in total. The molecule has 0 aliphatic heterocycles. The second-order valence-corrected chi connectivity index (χ2v) is 2.90. The second kappa shape index (κ2) is 4.11. The smallest absolute Gasteiger partial charge is 0.332 e. The van der Waals surface area contributed by atoms with Crippen LogP contribution in [0.2, 0.25) is 5.02 Å². The van der Waals surface area contributed by atoms with Crippen molar-refractivity contribution in [2.45, 2.75) is 0 Å². The van der Waals surface area contributed by atoms with Gasteiger partial charge in [0.05, 0.1) is 11.1 Å². The summed E-state index contributed by atoms with van der Waals surface area (Å²) in [6.07, 6.45) is 0.582. The van der Waals surface area contributed by atoms with Gasteiger partial charge in [-0.3, -0.25) is 0 Å². The summed E-state index contributed by atoms with van der Waals surface area (Å²) in [7, 11) is 0. The number of hydrogen-bond acceptors (Lipinski definition) is 2. The van der Waals surface area contributed by atoms with Crippen LogP contribution in [0.1, 0.15) is 5.56 Å². The SMILES string of the molecule is O=C(O)/C=C(\O)c1ccc(F)cc1Cl. The van der Waals surface area contributed by atoms with E-state index in [9.17, 15) is 14.3 Å². The molecule has 0 radical (unpaired) electrons. The lowest BCUT2D eigenvalue weighted by molar-refractivity contribution is -0.131. The van der Waals surface area contributed by atoms with Crippen LogP contribution in [-0.2, 0) is 4.79 Å². The number of aliphatic hydroxyl groups is 1. The summed E-state index contributed by atoms with van der Waals surface area (Å²) in [5.41, 5.74) is 0.0791. The first-order valence-corrected chi connectivity index (χ1v) is 3.97. The summed E-state index contributed by atoms with van der Waals surface area (Å²) in [5.74, 6) is -2.37. The molecule has 0 saturated heterocycles. The molecule has 3 nitrogen and oxygen atoms in total. The maximum atomic E-state index is 12.6. The van der Waals surface area contributed by atoms with Gasteiger partial charge in [0.2, 0.25) is 0 Å². The van der Waals surface area contributed by atoms with E-state index in [1.807, 2.05) is 0 Å². The van der Waals surface area contributed by atoms with Gasteiger partial charge in [-0.1, -0.05) is 11.6 Å². The molecule has 0 unspecified atom stereocenters. The molecule has 0 amide bonds. The highest BCUT2D eigenvalue weighted by Crippen LogP contribution is 2.22. The first-order valence-electron chi connectivity index (χ1n) is 3.59. The van der Waals surface area contributed by atoms with Crippen molar-refractivity contribution in [3.63, 3.8) is 0 Å². The Morgan fingerprint density at radius 3 is 2.57 bits per heavy atom. The van der Waals surface area contributed by atoms with Gasteiger partial charge < -0.3 is 10.2 Å². The fourth-order valence-corrected chi connectivity index (χ4v) is 1.16. The molecular weight excluding hydrogens is 211 g/mol. The third-order valence-electron chi connectivity index (χ3n) is 1.47. The van der Waals surface area contributed by atoms with E-state index < -0.39 is 17.5 Å². The summed E-state index contributed by atoms with van der Waals surface area (Å²) in [6, 6.07) is 3.27. The van der Waals surface area contributed by atoms with Gasteiger partial charge in [-0.15, -0.1) is 0 Å². The molecule has 0 aliphatic rings. The van der Waals surface area contributed by atoms with E-state index in [-0.39, 0.29) is 10.6 Å². The van der Waals surface area contributed by atoms with Gasteiger partial charge >= 0.3 is 5.97 Å². The average molecular weight is 217 g/mol. The molecule has 0 atom stereocenters. The largest absolute Gasteiger partial charge is 0.507 e. The molecule has 0 spiro atoms. The van der Waals surface area contributed by atoms with Crippen molar-refractivity contribution in [3.8, 4) is 0 Å². The predicted molar refractivity (Wildman–Crippen MR) is 49.7 cm³/mol. The van der Waals surface area contributed by atoms with Crippen molar-refractivity contribution in [2.75, 3.05) is 0 Å². The Labute approximate surface area is 84.1 Å². The zero-order chi connectivity index (χ0) is 10.7. The van der Waals surface area contributed by atoms with E-state index in [2.05, 4.69) is 0 Å². The van der Waals surface area contributed by atoms with Gasteiger partial charge in [-0.25, -0.2) is 9.18 Å². The van der Waals surface area contributed by atoms with E-state index in [0.29, 0.717) is 6.08 Å². The van der Waals surface area contributed by atoms with Gasteiger partial charge in [0.1, 0.15) is 11.6 Å². The molecule has 5 heteroatoms. The number of aliphatic carboxylic acids is 1. The van der Waals surface area contributed by atoms with Crippen molar-refractivity contribution in [1.29, 1.82) is 0 Å². The molecule has 0 aromatic heterocycles. The molecule has 1 rings (SSSR count). The van der Waals surface area contributed by atoms with Crippen LogP contribution in [0.15, 0.2) is 24.3 Å². The Morgan fingerprint density at radius 2 is 2.07 bits per heavy atom. The normalized spacial score (nSPS) is 11.4. The van der Waals surface area contributed by atoms with E-state index >= 15 is 0 Å². The first-order chi connectivity index (χ1) is 6.50. The van der Waals surface area contributed by atoms with Crippen molar-refractivity contribution >= 4 is 23.3 Å². The topological polar surface area (TPSA) is 57.5 Å². The molecule has 14 heavy (non-hydrogen) atoms. The number of hydrogen-bond donors (Lipinski definition) is 2. The fourth-order valence-electron chi connectivity index (χ4n) is 0.892. The lowest BCUT2D eigenvalue weighted by Crippen LogP contribution is -1.93. The highest BCUT2D eigenvalue weighted by Gasteiger charge is 2.07. The van der Waals surface area contributed by atoms with Crippen molar-refractivity contribution in [1.82, 2.24) is 0 Å². The Balaban J connectivity index is 3.14. The average Bonchev–Trinajstić information content (AvgIpc) is 2.01. The van der Waals surface area contributed by atoms with Crippen LogP contribution in [-0.4, -0.2) is 16.2 Å². The fraction of sp³-hybridized carbons (Fsp3) is 0. The molecule has 1 aromatic carbocycles. The molecule has 74 valence electrons. The molecular formula is C9H6ClFO3. The van der Waals surface area contributed by atoms with E-state index in [4.69, 9.17) is 16.7 Å². The third kappa shape index (κ3) is 2.47. The predicted octanol–water partition coefficient (Wildman–Crippen LogP) is 2.46. The summed E-state index contributed by atoms with van der Waals surface area (Å²) in [6.45, 7) is 0. The third-order valence-corrected chi connectivity index (χ3v) is 1.78. The van der Waals surface area contributed by atoms with Crippen molar-refractivity contribution in [2.24, 2.45) is 0 Å². The maximum absolute atomic E-state index is 12.6. The second-order valence-electron chi connectivity index (χ2n) is 2.49. The van der Waals surface area contributed by atoms with Crippen molar-refractivity contribution in [3.05, 3.63) is 40.7 Å². The molecule has 0 aliphatic carbocycles. The Morgan fingerprint density at radius 1 is 1.43 bits per heavy atom. The van der Waals surface area contributed by atoms with E-state index in [0.717, 1.165) is 12.1 Å². The molecule has 0 bridgehead atoms. The number of rotatable bonds is 2. The number of carboxylic acid groups (broad SMARTS) is 1. The number of carboxylic acids is 1. The van der Waals surface area contributed by atoms with Gasteiger partial charge in [0.15, 0.2) is 0 Å². The Hall–Kier alpha value is -1.55. The number of benzene rings is 1. The Bertz CT molecular complexity index is 401. The Kier molecular flexibility index (Phi) is 3.09. The summed E-state index contributed by atoms with van der Waals surface area (Å²) < 4.78 is 12.6. The zero-order valence-electron chi connectivity index (χ0n) is 6.87. The monoisotopic (exact) mass is 216 g/mol. The van der Waals surface area contributed by atoms with Crippen LogP contribution in [0.4, 0.5) is 4.39 Å². The van der Waals surface area contributed by atoms with Gasteiger partial charge in [0, 0.05) is 5.56 Å². The van der Waals surface area contributed by atoms with E-state index in [1.54, 1.807) is 0 Å². The number of carbonyl (C=O) groups is 1. The van der Waals surface area contributed by atoms with Gasteiger partial charge in [0.25, 0.3) is 0 Å². The first kappa shape index (κ1) is 10.5. The van der Waals surface area contributed by atoms with Crippen molar-refractivity contribution < 1.29 is 19.4 Å². The minimum absolute atomic E-state index is 0.0417. The molecule has 0 saturated carbocycles. The minimum atomic E-state index is -1.30. The quantitative estimate of drug-likeness (QED) is 0.590. The van der Waals surface area contributed by atoms with Crippen LogP contribution >= 0.6 is 11.6 Å².